The molecule has 0 aliphatic heterocycles. The minimum Gasteiger partial charge on any atom is -0.367 e. The van der Waals surface area contributed by atoms with Crippen molar-refractivity contribution in [1.29, 1.82) is 0 Å². The van der Waals surface area contributed by atoms with Crippen LogP contribution in [0.2, 0.25) is 0 Å². The topological polar surface area (TPSA) is 29.5 Å². The highest BCUT2D eigenvalue weighted by Crippen LogP contribution is 2.17. The number of hydroxylamine groups is 2. The van der Waals surface area contributed by atoms with Gasteiger partial charge in [-0.05, 0) is 32.8 Å². The van der Waals surface area contributed by atoms with E-state index in [-0.39, 0.29) is 5.97 Å². The lowest BCUT2D eigenvalue weighted by Gasteiger charge is -2.24. The van der Waals surface area contributed by atoms with Crippen LogP contribution in [0.1, 0.15) is 46.1 Å². The average Bonchev–Trinajstić information content (AvgIpc) is 2.43. The molecule has 0 radical (unpaired) electrons. The fourth-order valence-corrected chi connectivity index (χ4v) is 1.65. The number of rotatable bonds is 7. The van der Waals surface area contributed by atoms with E-state index in [1.54, 1.807) is 5.06 Å². The van der Waals surface area contributed by atoms with Crippen molar-refractivity contribution in [3.05, 3.63) is 48.0 Å². The van der Waals surface area contributed by atoms with Crippen molar-refractivity contribution in [2.24, 2.45) is 5.41 Å². The van der Waals surface area contributed by atoms with Gasteiger partial charge in [0.2, 0.25) is 0 Å². The molecule has 0 fully saturated rings. The van der Waals surface area contributed by atoms with E-state index in [0.717, 1.165) is 18.4 Å². The van der Waals surface area contributed by atoms with Gasteiger partial charge in [0.05, 0.1) is 18.5 Å². The fourth-order valence-electron chi connectivity index (χ4n) is 1.65. The zero-order valence-electron chi connectivity index (χ0n) is 13.6. The summed E-state index contributed by atoms with van der Waals surface area (Å²) >= 11 is 0. The van der Waals surface area contributed by atoms with Crippen molar-refractivity contribution in [1.82, 2.24) is 5.06 Å². The average molecular weight is 289 g/mol. The van der Waals surface area contributed by atoms with Gasteiger partial charge in [-0.1, -0.05) is 55.8 Å². The first-order valence-corrected chi connectivity index (χ1v) is 7.59. The second-order valence-corrected chi connectivity index (χ2v) is 6.20. The van der Waals surface area contributed by atoms with Gasteiger partial charge in [-0.25, -0.2) is 4.79 Å². The summed E-state index contributed by atoms with van der Waals surface area (Å²) in [6, 6.07) is 10.0. The number of allylic oxidation sites excluding steroid dienone is 1. The number of hydrogen-bond donors (Lipinski definition) is 0. The molecule has 0 heterocycles. The molecule has 0 saturated carbocycles. The first kappa shape index (κ1) is 17.4. The predicted molar refractivity (Wildman–Crippen MR) is 86.4 cm³/mol. The normalized spacial score (nSPS) is 12.0. The Bertz CT molecular complexity index is 446. The van der Waals surface area contributed by atoms with Gasteiger partial charge in [-0.2, -0.15) is 0 Å². The Hall–Kier alpha value is -1.61. The minimum absolute atomic E-state index is 0.206. The van der Waals surface area contributed by atoms with Crippen LogP contribution in [0.5, 0.6) is 0 Å². The monoisotopic (exact) mass is 289 g/mol. The maximum absolute atomic E-state index is 12.1. The van der Waals surface area contributed by atoms with Gasteiger partial charge in [-0.3, -0.25) is 0 Å². The van der Waals surface area contributed by atoms with Crippen molar-refractivity contribution >= 4 is 5.97 Å². The highest BCUT2D eigenvalue weighted by molar-refractivity contribution is 5.75. The van der Waals surface area contributed by atoms with Gasteiger partial charge in [0, 0.05) is 0 Å². The minimum atomic E-state index is -0.498. The third-order valence-corrected chi connectivity index (χ3v) is 2.96. The molecule has 0 aliphatic carbocycles. The van der Waals surface area contributed by atoms with E-state index in [1.807, 2.05) is 51.1 Å². The summed E-state index contributed by atoms with van der Waals surface area (Å²) in [5.41, 5.74) is 0.630. The number of carbonyl (C=O) groups excluding carboxylic acids is 1. The van der Waals surface area contributed by atoms with E-state index < -0.39 is 5.41 Å². The number of hydrogen-bond acceptors (Lipinski definition) is 3. The smallest absolute Gasteiger partial charge is 0.330 e. The first-order chi connectivity index (χ1) is 9.93. The summed E-state index contributed by atoms with van der Waals surface area (Å²) in [4.78, 5) is 17.6. The van der Waals surface area contributed by atoms with E-state index in [1.165, 1.54) is 0 Å². The van der Waals surface area contributed by atoms with Crippen LogP contribution in [0, 0.1) is 5.41 Å². The van der Waals surface area contributed by atoms with Crippen molar-refractivity contribution in [3.63, 3.8) is 0 Å². The zero-order chi connectivity index (χ0) is 15.7. The Kier molecular flexibility index (Phi) is 7.17. The van der Waals surface area contributed by atoms with E-state index in [4.69, 9.17) is 4.84 Å². The summed E-state index contributed by atoms with van der Waals surface area (Å²) < 4.78 is 0. The third kappa shape index (κ3) is 7.09. The lowest BCUT2D eigenvalue weighted by atomic mass is 9.98. The van der Waals surface area contributed by atoms with Gasteiger partial charge in [0.1, 0.15) is 0 Å². The quantitative estimate of drug-likeness (QED) is 0.552. The van der Waals surface area contributed by atoms with E-state index in [2.05, 4.69) is 19.1 Å². The van der Waals surface area contributed by atoms with Crippen molar-refractivity contribution in [3.8, 4) is 0 Å². The van der Waals surface area contributed by atoms with Gasteiger partial charge >= 0.3 is 5.97 Å². The standard InChI is InChI=1S/C18H27NO2/c1-5-6-7-11-14-19(21-17(20)18(2,3)4)15-16-12-9-8-10-13-16/h7-13H,5-6,14-15H2,1-4H3/b11-7+. The molecule has 0 aromatic heterocycles. The van der Waals surface area contributed by atoms with Crippen LogP contribution in [0.15, 0.2) is 42.5 Å². The molecule has 3 nitrogen and oxygen atoms in total. The molecular weight excluding hydrogens is 262 g/mol. The molecule has 0 aliphatic rings. The Morgan fingerprint density at radius 1 is 1.19 bits per heavy atom. The molecule has 0 atom stereocenters. The molecule has 0 N–H and O–H groups in total. The maximum Gasteiger partial charge on any atom is 0.330 e. The summed E-state index contributed by atoms with van der Waals surface area (Å²) in [7, 11) is 0. The van der Waals surface area contributed by atoms with Crippen molar-refractivity contribution < 1.29 is 9.63 Å². The van der Waals surface area contributed by atoms with E-state index in [0.29, 0.717) is 13.1 Å². The SMILES string of the molecule is CCC/C=C/CN(Cc1ccccc1)OC(=O)C(C)(C)C. The van der Waals surface area contributed by atoms with Gasteiger partial charge in [-0.15, -0.1) is 5.06 Å². The Labute approximate surface area is 128 Å². The number of nitrogens with zero attached hydrogens (tertiary/aromatic N) is 1. The summed E-state index contributed by atoms with van der Waals surface area (Å²) in [5, 5.41) is 1.72. The van der Waals surface area contributed by atoms with Crippen LogP contribution in [-0.2, 0) is 16.2 Å². The molecule has 3 heteroatoms. The van der Waals surface area contributed by atoms with Crippen LogP contribution in [0.3, 0.4) is 0 Å². The molecular formula is C18H27NO2. The van der Waals surface area contributed by atoms with Gasteiger partial charge in [0.25, 0.3) is 0 Å². The van der Waals surface area contributed by atoms with Crippen LogP contribution < -0.4 is 0 Å². The van der Waals surface area contributed by atoms with Gasteiger partial charge < -0.3 is 4.84 Å². The molecule has 0 saturated heterocycles. The lowest BCUT2D eigenvalue weighted by molar-refractivity contribution is -0.200. The summed E-state index contributed by atoms with van der Waals surface area (Å²) in [5.74, 6) is -0.206. The molecule has 116 valence electrons. The number of carbonyl (C=O) groups is 1. The summed E-state index contributed by atoms with van der Waals surface area (Å²) in [6.45, 7) is 8.94. The summed E-state index contributed by atoms with van der Waals surface area (Å²) in [6.07, 6.45) is 6.36. The third-order valence-electron chi connectivity index (χ3n) is 2.96. The Morgan fingerprint density at radius 2 is 1.86 bits per heavy atom. The molecule has 1 rings (SSSR count). The second kappa shape index (κ2) is 8.63. The van der Waals surface area contributed by atoms with Gasteiger partial charge in [0.15, 0.2) is 0 Å². The van der Waals surface area contributed by atoms with Crippen LogP contribution in [0.25, 0.3) is 0 Å². The molecule has 0 spiro atoms. The Morgan fingerprint density at radius 3 is 2.43 bits per heavy atom. The zero-order valence-corrected chi connectivity index (χ0v) is 13.6. The molecule has 21 heavy (non-hydrogen) atoms. The molecule has 0 bridgehead atoms. The number of unbranched alkanes of at least 4 members (excludes halogenated alkanes) is 1. The predicted octanol–water partition coefficient (Wildman–Crippen LogP) is 4.35. The van der Waals surface area contributed by atoms with E-state index in [9.17, 15) is 4.79 Å². The highest BCUT2D eigenvalue weighted by Gasteiger charge is 2.25. The second-order valence-electron chi connectivity index (χ2n) is 6.20. The van der Waals surface area contributed by atoms with Crippen molar-refractivity contribution in [2.45, 2.75) is 47.1 Å². The number of benzene rings is 1. The first-order valence-electron chi connectivity index (χ1n) is 7.59. The molecule has 1 aromatic carbocycles. The molecule has 1 aromatic rings. The lowest BCUT2D eigenvalue weighted by Crippen LogP contribution is -2.33. The van der Waals surface area contributed by atoms with E-state index >= 15 is 0 Å². The largest absolute Gasteiger partial charge is 0.367 e. The van der Waals surface area contributed by atoms with Crippen LogP contribution >= 0.6 is 0 Å². The fraction of sp³-hybridized carbons (Fsp3) is 0.500. The maximum atomic E-state index is 12.1. The van der Waals surface area contributed by atoms with Crippen LogP contribution in [-0.4, -0.2) is 17.6 Å². The van der Waals surface area contributed by atoms with Crippen LogP contribution in [0.4, 0.5) is 0 Å². The highest BCUT2D eigenvalue weighted by atomic mass is 16.7. The molecule has 0 amide bonds. The van der Waals surface area contributed by atoms with Crippen molar-refractivity contribution in [2.75, 3.05) is 6.54 Å². The Balaban J connectivity index is 2.67. The molecule has 0 unspecified atom stereocenters.